The van der Waals surface area contributed by atoms with Crippen LogP contribution in [-0.4, -0.2) is 58.6 Å². The van der Waals surface area contributed by atoms with E-state index in [2.05, 4.69) is 27.4 Å². The SMILES string of the molecule is O=C(C[N+]12CCC(CC1)[C@@H](OC(=O)C1(c3ccccc3)CCCCCC1)C2)Nc1cnccn1.[Cl-]. The molecule has 6 rings (SSSR count). The number of carbonyl (C=O) groups is 2. The van der Waals surface area contributed by atoms with Gasteiger partial charge in [-0.2, -0.15) is 0 Å². The molecule has 4 fully saturated rings. The minimum Gasteiger partial charge on any atom is -1.00 e. The number of nitrogens with one attached hydrogen (secondary N) is 1. The summed E-state index contributed by atoms with van der Waals surface area (Å²) in [5.74, 6) is 0.751. The van der Waals surface area contributed by atoms with Crippen LogP contribution in [0.1, 0.15) is 56.9 Å². The molecule has 4 aliphatic rings. The summed E-state index contributed by atoms with van der Waals surface area (Å²) in [6.07, 6.45) is 12.8. The minimum atomic E-state index is -0.544. The summed E-state index contributed by atoms with van der Waals surface area (Å²) in [5.41, 5.74) is 0.549. The van der Waals surface area contributed by atoms with Crippen LogP contribution in [0.4, 0.5) is 5.82 Å². The fourth-order valence-corrected chi connectivity index (χ4v) is 6.38. The van der Waals surface area contributed by atoms with Crippen molar-refractivity contribution in [3.8, 4) is 0 Å². The number of halogens is 1. The third kappa shape index (κ3) is 5.51. The van der Waals surface area contributed by atoms with Gasteiger partial charge in [-0.3, -0.25) is 14.6 Å². The van der Waals surface area contributed by atoms with Crippen LogP contribution in [0.15, 0.2) is 48.9 Å². The Morgan fingerprint density at radius 1 is 1.03 bits per heavy atom. The summed E-state index contributed by atoms with van der Waals surface area (Å²) < 4.78 is 7.07. The van der Waals surface area contributed by atoms with Crippen LogP contribution in [-0.2, 0) is 19.7 Å². The van der Waals surface area contributed by atoms with Gasteiger partial charge in [0.25, 0.3) is 5.91 Å². The van der Waals surface area contributed by atoms with E-state index in [4.69, 9.17) is 4.74 Å². The number of piperidine rings is 3. The molecule has 1 atom stereocenters. The molecule has 8 heteroatoms. The van der Waals surface area contributed by atoms with Gasteiger partial charge in [0, 0.05) is 31.2 Å². The van der Waals surface area contributed by atoms with Crippen LogP contribution in [0.2, 0.25) is 0 Å². The third-order valence-corrected chi connectivity index (χ3v) is 8.28. The van der Waals surface area contributed by atoms with E-state index in [1.54, 1.807) is 18.6 Å². The Balaban J connectivity index is 0.00000289. The van der Waals surface area contributed by atoms with Crippen molar-refractivity contribution in [1.82, 2.24) is 9.97 Å². The van der Waals surface area contributed by atoms with Gasteiger partial charge in [-0.05, 0) is 18.4 Å². The highest BCUT2D eigenvalue weighted by Gasteiger charge is 2.51. The zero-order valence-electron chi connectivity index (χ0n) is 20.2. The van der Waals surface area contributed by atoms with E-state index in [9.17, 15) is 9.59 Å². The Bertz CT molecular complexity index is 988. The highest BCUT2D eigenvalue weighted by molar-refractivity contribution is 5.90. The number of aromatic nitrogens is 2. The average Bonchev–Trinajstić information content (AvgIpc) is 3.13. The van der Waals surface area contributed by atoms with Crippen molar-refractivity contribution in [1.29, 1.82) is 0 Å². The van der Waals surface area contributed by atoms with Crippen molar-refractivity contribution >= 4 is 17.7 Å². The molecule has 2 bridgehead atoms. The van der Waals surface area contributed by atoms with E-state index >= 15 is 0 Å². The minimum absolute atomic E-state index is 0. The number of rotatable bonds is 6. The summed E-state index contributed by atoms with van der Waals surface area (Å²) in [4.78, 5) is 34.8. The quantitative estimate of drug-likeness (QED) is 0.363. The topological polar surface area (TPSA) is 81.2 Å². The number of carbonyl (C=O) groups excluding carboxylic acids is 2. The Morgan fingerprint density at radius 3 is 2.40 bits per heavy atom. The van der Waals surface area contributed by atoms with Gasteiger partial charge < -0.3 is 26.9 Å². The van der Waals surface area contributed by atoms with E-state index in [0.29, 0.717) is 22.8 Å². The molecule has 4 heterocycles. The fourth-order valence-electron chi connectivity index (χ4n) is 6.38. The Labute approximate surface area is 213 Å². The standard InChI is InChI=1S/C27H34N4O3.ClH/c32-25(30-24-18-28-14-15-29-24)20-31-16-10-21(11-17-31)23(19-31)34-26(33)27(12-6-1-2-7-13-27)22-8-4-3-5-9-22;/h3-5,8-9,14-15,18,21,23H,1-2,6-7,10-13,16-17,19-20H2;1H/t21?,23-,31?;/m0./s1. The smallest absolute Gasteiger partial charge is 0.317 e. The average molecular weight is 499 g/mol. The number of nitrogens with zero attached hydrogens (tertiary/aromatic N) is 3. The predicted molar refractivity (Wildman–Crippen MR) is 129 cm³/mol. The van der Waals surface area contributed by atoms with E-state index < -0.39 is 5.41 Å². The van der Waals surface area contributed by atoms with Gasteiger partial charge in [0.15, 0.2) is 18.5 Å². The molecule has 188 valence electrons. The molecule has 1 saturated carbocycles. The maximum Gasteiger partial charge on any atom is 0.317 e. The highest BCUT2D eigenvalue weighted by Crippen LogP contribution is 2.42. The van der Waals surface area contributed by atoms with Crippen LogP contribution in [0.5, 0.6) is 0 Å². The molecular formula is C27H35ClN4O3. The molecule has 0 spiro atoms. The number of benzene rings is 1. The largest absolute Gasteiger partial charge is 1.00 e. The van der Waals surface area contributed by atoms with Crippen LogP contribution >= 0.6 is 0 Å². The van der Waals surface area contributed by atoms with E-state index in [1.165, 1.54) is 12.8 Å². The van der Waals surface area contributed by atoms with E-state index in [1.807, 2.05) is 18.2 Å². The van der Waals surface area contributed by atoms with Crippen LogP contribution in [0.3, 0.4) is 0 Å². The van der Waals surface area contributed by atoms with Gasteiger partial charge in [0.05, 0.1) is 24.7 Å². The van der Waals surface area contributed by atoms with Crippen LogP contribution < -0.4 is 17.7 Å². The molecular weight excluding hydrogens is 464 g/mol. The second-order valence-electron chi connectivity index (χ2n) is 10.4. The summed E-state index contributed by atoms with van der Waals surface area (Å²) in [6, 6.07) is 10.2. The van der Waals surface area contributed by atoms with Gasteiger partial charge in [-0.15, -0.1) is 0 Å². The molecule has 2 aromatic rings. The molecule has 7 nitrogen and oxygen atoms in total. The van der Waals surface area contributed by atoms with Gasteiger partial charge in [0.1, 0.15) is 6.54 Å². The summed E-state index contributed by atoms with van der Waals surface area (Å²) in [7, 11) is 0. The molecule has 3 aliphatic heterocycles. The maximum absolute atomic E-state index is 13.9. The van der Waals surface area contributed by atoms with Crippen molar-refractivity contribution in [2.24, 2.45) is 5.92 Å². The molecule has 3 saturated heterocycles. The number of anilines is 1. The van der Waals surface area contributed by atoms with Gasteiger partial charge in [0.2, 0.25) is 0 Å². The summed E-state index contributed by atoms with van der Waals surface area (Å²) in [5, 5.41) is 2.87. The first-order chi connectivity index (χ1) is 16.6. The van der Waals surface area contributed by atoms with Crippen molar-refractivity contribution < 1.29 is 31.2 Å². The lowest BCUT2D eigenvalue weighted by Gasteiger charge is -2.52. The van der Waals surface area contributed by atoms with Crippen molar-refractivity contribution in [2.75, 3.05) is 31.5 Å². The lowest BCUT2D eigenvalue weighted by molar-refractivity contribution is -0.939. The lowest BCUT2D eigenvalue weighted by Crippen LogP contribution is -3.00. The first-order valence-electron chi connectivity index (χ1n) is 12.8. The number of hydrogen-bond donors (Lipinski definition) is 1. The van der Waals surface area contributed by atoms with E-state index in [-0.39, 0.29) is 30.4 Å². The third-order valence-electron chi connectivity index (χ3n) is 8.28. The molecule has 0 radical (unpaired) electrons. The van der Waals surface area contributed by atoms with Crippen molar-refractivity contribution in [2.45, 2.75) is 62.9 Å². The highest BCUT2D eigenvalue weighted by atomic mass is 35.5. The number of amides is 1. The van der Waals surface area contributed by atoms with Crippen molar-refractivity contribution in [3.05, 3.63) is 54.5 Å². The van der Waals surface area contributed by atoms with Gasteiger partial charge >= 0.3 is 5.97 Å². The first kappa shape index (κ1) is 25.6. The van der Waals surface area contributed by atoms with Crippen molar-refractivity contribution in [3.63, 3.8) is 0 Å². The Hall–Kier alpha value is -2.51. The van der Waals surface area contributed by atoms with Gasteiger partial charge in [-0.25, -0.2) is 4.98 Å². The van der Waals surface area contributed by atoms with Crippen LogP contribution in [0, 0.1) is 5.92 Å². The second kappa shape index (κ2) is 11.0. The zero-order valence-corrected chi connectivity index (χ0v) is 21.0. The molecule has 1 N–H and O–H groups in total. The molecule has 1 aliphatic carbocycles. The molecule has 0 unspecified atom stereocenters. The number of esters is 1. The van der Waals surface area contributed by atoms with Gasteiger partial charge in [-0.1, -0.05) is 56.0 Å². The van der Waals surface area contributed by atoms with Crippen LogP contribution in [0.25, 0.3) is 0 Å². The lowest BCUT2D eigenvalue weighted by atomic mass is 9.74. The monoisotopic (exact) mass is 498 g/mol. The molecule has 1 aromatic heterocycles. The normalized spacial score (nSPS) is 27.2. The number of fused-ring (bicyclic) bond motifs is 3. The number of ether oxygens (including phenoxy) is 1. The zero-order chi connectivity index (χ0) is 23.4. The fraction of sp³-hybridized carbons (Fsp3) is 0.556. The number of quaternary nitrogens is 1. The molecule has 1 aromatic carbocycles. The first-order valence-corrected chi connectivity index (χ1v) is 12.8. The molecule has 1 amide bonds. The predicted octanol–water partition coefficient (Wildman–Crippen LogP) is 0.864. The Kier molecular flexibility index (Phi) is 8.07. The second-order valence-corrected chi connectivity index (χ2v) is 10.4. The summed E-state index contributed by atoms with van der Waals surface area (Å²) >= 11 is 0. The Morgan fingerprint density at radius 2 is 1.74 bits per heavy atom. The molecule has 35 heavy (non-hydrogen) atoms. The van der Waals surface area contributed by atoms with E-state index in [0.717, 1.165) is 63.7 Å². The maximum atomic E-state index is 13.9. The summed E-state index contributed by atoms with van der Waals surface area (Å²) in [6.45, 7) is 3.00. The number of hydrogen-bond acceptors (Lipinski definition) is 5.